The molecule has 0 heterocycles. The van der Waals surface area contributed by atoms with Crippen LogP contribution in [0.2, 0.25) is 0 Å². The average molecular weight is 291 g/mol. The zero-order valence-electron chi connectivity index (χ0n) is 9.27. The molecule has 0 radical (unpaired) electrons. The topological polar surface area (TPSA) is 9.23 Å². The Morgan fingerprint density at radius 2 is 1.73 bits per heavy atom. The van der Waals surface area contributed by atoms with E-state index in [0.29, 0.717) is 23.1 Å². The summed E-state index contributed by atoms with van der Waals surface area (Å²) >= 11 is 3.46. The van der Waals surface area contributed by atoms with E-state index in [9.17, 15) is 13.2 Å². The van der Waals surface area contributed by atoms with Crippen molar-refractivity contribution in [3.63, 3.8) is 0 Å². The second-order valence-corrected chi connectivity index (χ2v) is 5.49. The summed E-state index contributed by atoms with van der Waals surface area (Å²) in [4.78, 5) is 0.298. The summed E-state index contributed by atoms with van der Waals surface area (Å²) in [6.07, 6.45) is -3.56. The van der Waals surface area contributed by atoms with Crippen molar-refractivity contribution in [2.75, 3.05) is 13.2 Å². The fourth-order valence-electron chi connectivity index (χ4n) is 1.50. The number of alkyl halides is 4. The fraction of sp³-hybridized carbons (Fsp3) is 1.00. The molecule has 0 saturated heterocycles. The van der Waals surface area contributed by atoms with Crippen molar-refractivity contribution in [2.45, 2.75) is 38.2 Å². The van der Waals surface area contributed by atoms with E-state index in [0.717, 1.165) is 0 Å². The van der Waals surface area contributed by atoms with Crippen LogP contribution in [0.25, 0.3) is 0 Å². The molecule has 0 aliphatic carbocycles. The maximum atomic E-state index is 11.8. The van der Waals surface area contributed by atoms with Crippen LogP contribution in [0.3, 0.4) is 0 Å². The summed E-state index contributed by atoms with van der Waals surface area (Å²) < 4.78 is 39.9. The SMILES string of the molecule is CC(C)C(CCOCC(F)(F)F)C(C)Br. The maximum absolute atomic E-state index is 11.8. The van der Waals surface area contributed by atoms with E-state index in [1.807, 2.05) is 6.92 Å². The highest BCUT2D eigenvalue weighted by molar-refractivity contribution is 9.09. The largest absolute Gasteiger partial charge is 0.411 e. The molecule has 15 heavy (non-hydrogen) atoms. The van der Waals surface area contributed by atoms with Gasteiger partial charge >= 0.3 is 6.18 Å². The number of hydrogen-bond donors (Lipinski definition) is 0. The fourth-order valence-corrected chi connectivity index (χ4v) is 2.38. The van der Waals surface area contributed by atoms with Gasteiger partial charge in [-0.1, -0.05) is 36.7 Å². The molecule has 0 aliphatic heterocycles. The monoisotopic (exact) mass is 290 g/mol. The zero-order valence-corrected chi connectivity index (χ0v) is 10.9. The molecule has 92 valence electrons. The molecule has 1 nitrogen and oxygen atoms in total. The number of rotatable bonds is 6. The number of halogens is 4. The first kappa shape index (κ1) is 15.2. The lowest BCUT2D eigenvalue weighted by Gasteiger charge is -2.23. The highest BCUT2D eigenvalue weighted by atomic mass is 79.9. The molecule has 0 aromatic heterocycles. The maximum Gasteiger partial charge on any atom is 0.411 e. The van der Waals surface area contributed by atoms with Crippen LogP contribution in [0.4, 0.5) is 13.2 Å². The molecule has 0 fully saturated rings. The Hall–Kier alpha value is 0.230. The van der Waals surface area contributed by atoms with E-state index < -0.39 is 12.8 Å². The predicted octanol–water partition coefficient (Wildman–Crippen LogP) is 4.01. The molecule has 0 rings (SSSR count). The van der Waals surface area contributed by atoms with E-state index >= 15 is 0 Å². The van der Waals surface area contributed by atoms with Crippen molar-refractivity contribution in [1.82, 2.24) is 0 Å². The van der Waals surface area contributed by atoms with Gasteiger partial charge in [0.15, 0.2) is 0 Å². The Bertz CT molecular complexity index is 161. The third kappa shape index (κ3) is 8.08. The Labute approximate surface area is 97.5 Å². The normalized spacial score (nSPS) is 16.8. The van der Waals surface area contributed by atoms with E-state index in [1.165, 1.54) is 0 Å². The molecular formula is C10H18BrF3O. The minimum atomic E-state index is -4.21. The lowest BCUT2D eigenvalue weighted by Crippen LogP contribution is -2.22. The molecule has 2 atom stereocenters. The average Bonchev–Trinajstić information content (AvgIpc) is 2.00. The minimum Gasteiger partial charge on any atom is -0.372 e. The van der Waals surface area contributed by atoms with E-state index in [1.54, 1.807) is 0 Å². The summed E-state index contributed by atoms with van der Waals surface area (Å²) in [6.45, 7) is 5.15. The summed E-state index contributed by atoms with van der Waals surface area (Å²) in [5.74, 6) is 0.784. The zero-order chi connectivity index (χ0) is 12.1. The first-order valence-electron chi connectivity index (χ1n) is 5.02. The highest BCUT2D eigenvalue weighted by Crippen LogP contribution is 2.25. The molecule has 2 unspecified atom stereocenters. The van der Waals surface area contributed by atoms with Crippen LogP contribution in [0.1, 0.15) is 27.2 Å². The smallest absolute Gasteiger partial charge is 0.372 e. The summed E-state index contributed by atoms with van der Waals surface area (Å²) in [5.41, 5.74) is 0. The Morgan fingerprint density at radius 3 is 2.07 bits per heavy atom. The van der Waals surface area contributed by atoms with Crippen molar-refractivity contribution < 1.29 is 17.9 Å². The second kappa shape index (κ2) is 6.74. The van der Waals surface area contributed by atoms with Crippen molar-refractivity contribution in [3.8, 4) is 0 Å². The van der Waals surface area contributed by atoms with Gasteiger partial charge < -0.3 is 4.74 Å². The van der Waals surface area contributed by atoms with Gasteiger partial charge in [0.25, 0.3) is 0 Å². The van der Waals surface area contributed by atoms with Crippen LogP contribution in [0.5, 0.6) is 0 Å². The van der Waals surface area contributed by atoms with Crippen LogP contribution >= 0.6 is 15.9 Å². The second-order valence-electron chi connectivity index (χ2n) is 4.04. The van der Waals surface area contributed by atoms with E-state index in [-0.39, 0.29) is 6.61 Å². The molecule has 0 spiro atoms. The Balaban J connectivity index is 3.73. The quantitative estimate of drug-likeness (QED) is 0.530. The summed E-state index contributed by atoms with van der Waals surface area (Å²) in [7, 11) is 0. The van der Waals surface area contributed by atoms with E-state index in [2.05, 4.69) is 34.5 Å². The molecule has 5 heteroatoms. The van der Waals surface area contributed by atoms with Crippen LogP contribution in [-0.4, -0.2) is 24.2 Å². The van der Waals surface area contributed by atoms with Gasteiger partial charge in [0.2, 0.25) is 0 Å². The lowest BCUT2D eigenvalue weighted by atomic mass is 9.90. The molecule has 0 bridgehead atoms. The van der Waals surface area contributed by atoms with Gasteiger partial charge in [0, 0.05) is 11.4 Å². The molecule has 0 saturated carbocycles. The third-order valence-corrected chi connectivity index (χ3v) is 2.99. The summed E-state index contributed by atoms with van der Waals surface area (Å²) in [6, 6.07) is 0. The van der Waals surface area contributed by atoms with Gasteiger partial charge in [0.05, 0.1) is 0 Å². The van der Waals surface area contributed by atoms with Gasteiger partial charge in [-0.25, -0.2) is 0 Å². The van der Waals surface area contributed by atoms with Gasteiger partial charge in [-0.05, 0) is 18.3 Å². The standard InChI is InChI=1S/C10H18BrF3O/c1-7(2)9(8(3)11)4-5-15-6-10(12,13)14/h7-9H,4-6H2,1-3H3. The van der Waals surface area contributed by atoms with Crippen molar-refractivity contribution in [1.29, 1.82) is 0 Å². The molecule has 0 N–H and O–H groups in total. The van der Waals surface area contributed by atoms with Gasteiger partial charge in [-0.2, -0.15) is 13.2 Å². The number of hydrogen-bond acceptors (Lipinski definition) is 1. The third-order valence-electron chi connectivity index (χ3n) is 2.31. The summed E-state index contributed by atoms with van der Waals surface area (Å²) in [5, 5.41) is 0. The van der Waals surface area contributed by atoms with Gasteiger partial charge in [-0.3, -0.25) is 0 Å². The highest BCUT2D eigenvalue weighted by Gasteiger charge is 2.27. The first-order chi connectivity index (χ1) is 6.74. The van der Waals surface area contributed by atoms with Crippen LogP contribution in [-0.2, 0) is 4.74 Å². The van der Waals surface area contributed by atoms with Gasteiger partial charge in [0.1, 0.15) is 6.61 Å². The number of ether oxygens (including phenoxy) is 1. The van der Waals surface area contributed by atoms with E-state index in [4.69, 9.17) is 0 Å². The van der Waals surface area contributed by atoms with Crippen LogP contribution < -0.4 is 0 Å². The van der Waals surface area contributed by atoms with Crippen molar-refractivity contribution in [2.24, 2.45) is 11.8 Å². The Kier molecular flexibility index (Phi) is 6.84. The molecule has 0 aliphatic rings. The van der Waals surface area contributed by atoms with Crippen LogP contribution in [0, 0.1) is 11.8 Å². The molecule has 0 aromatic carbocycles. The minimum absolute atomic E-state index is 0.165. The first-order valence-corrected chi connectivity index (χ1v) is 5.94. The van der Waals surface area contributed by atoms with Crippen molar-refractivity contribution in [3.05, 3.63) is 0 Å². The molecule has 0 aromatic rings. The lowest BCUT2D eigenvalue weighted by molar-refractivity contribution is -0.174. The molecule has 0 amide bonds. The predicted molar refractivity (Wildman–Crippen MR) is 58.2 cm³/mol. The molecular weight excluding hydrogens is 273 g/mol. The van der Waals surface area contributed by atoms with Gasteiger partial charge in [-0.15, -0.1) is 0 Å². The Morgan fingerprint density at radius 1 is 1.20 bits per heavy atom. The van der Waals surface area contributed by atoms with Crippen molar-refractivity contribution >= 4 is 15.9 Å². The van der Waals surface area contributed by atoms with Crippen LogP contribution in [0.15, 0.2) is 0 Å².